The molecular weight excluding hydrogens is 316 g/mol. The van der Waals surface area contributed by atoms with E-state index in [-0.39, 0.29) is 72.5 Å². The van der Waals surface area contributed by atoms with Gasteiger partial charge in [-0.15, -0.1) is 0 Å². The second-order valence-corrected chi connectivity index (χ2v) is 5.33. The highest BCUT2D eigenvalue weighted by atomic mass is 16.5. The molecule has 136 valence electrons. The molecule has 2 aromatic carbocycles. The average Bonchev–Trinajstić information content (AvgIpc) is 2.78. The fraction of sp³-hybridized carbons (Fsp3) is 0.429. The standard InChI is InChI=1S/C21H28O4/c1-16-7-6-10-19(13-16)25-15-18(22)9-5-4-8-17-11-12-20(23-2)21(14-17)24-3/h6-7,10-14,18,22H,4-5,8-9,15H2,1-3H3/i3D3,6D,7D,10D,11D,12D,13D,14D,18D. The SMILES string of the molecule is [2H]c1c([2H])c(C)c([2H])c(OCC([2H])(O)CCCCc2c([2H])c([2H])c(OC)c(OC([2H])([2H])[2H])c2[2H])c1[2H]. The Hall–Kier alpha value is -2.20. The quantitative estimate of drug-likeness (QED) is 0.650. The molecule has 0 radical (unpaired) electrons. The van der Waals surface area contributed by atoms with Crippen molar-refractivity contribution in [3.8, 4) is 17.2 Å². The summed E-state index contributed by atoms with van der Waals surface area (Å²) in [7, 11) is -1.72. The van der Waals surface area contributed by atoms with Gasteiger partial charge in [-0.2, -0.15) is 0 Å². The van der Waals surface area contributed by atoms with Crippen molar-refractivity contribution < 1.29 is 34.4 Å². The predicted molar refractivity (Wildman–Crippen MR) is 99.8 cm³/mol. The third-order valence-electron chi connectivity index (χ3n) is 3.36. The Bertz CT molecular complexity index is 1090. The lowest BCUT2D eigenvalue weighted by atomic mass is 10.0. The molecule has 0 aromatic heterocycles. The molecule has 0 amide bonds. The third-order valence-corrected chi connectivity index (χ3v) is 3.36. The number of rotatable bonds is 10. The third kappa shape index (κ3) is 6.31. The summed E-state index contributed by atoms with van der Waals surface area (Å²) in [5.74, 6) is -1.08. The van der Waals surface area contributed by atoms with Crippen LogP contribution in [0.3, 0.4) is 0 Å². The number of hydrogen-bond donors (Lipinski definition) is 1. The molecule has 0 saturated heterocycles. The largest absolute Gasteiger partial charge is 0.493 e. The lowest BCUT2D eigenvalue weighted by Gasteiger charge is -2.13. The Morgan fingerprint density at radius 3 is 2.84 bits per heavy atom. The van der Waals surface area contributed by atoms with Crippen LogP contribution < -0.4 is 14.2 Å². The molecule has 0 spiro atoms. The second-order valence-electron chi connectivity index (χ2n) is 5.33. The van der Waals surface area contributed by atoms with E-state index in [0.717, 1.165) is 0 Å². The zero-order chi connectivity index (χ0) is 27.6. The van der Waals surface area contributed by atoms with Gasteiger partial charge in [0.2, 0.25) is 0 Å². The number of ether oxygens (including phenoxy) is 3. The lowest BCUT2D eigenvalue weighted by molar-refractivity contribution is 0.0976. The van der Waals surface area contributed by atoms with Crippen LogP contribution in [-0.4, -0.2) is 31.9 Å². The summed E-state index contributed by atoms with van der Waals surface area (Å²) in [6.45, 7) is 0.851. The van der Waals surface area contributed by atoms with Gasteiger partial charge >= 0.3 is 0 Å². The van der Waals surface area contributed by atoms with Gasteiger partial charge < -0.3 is 19.3 Å². The predicted octanol–water partition coefficient (Wildman–Crippen LogP) is 4.16. The van der Waals surface area contributed by atoms with Crippen molar-refractivity contribution in [3.63, 3.8) is 0 Å². The molecule has 0 aliphatic rings. The zero-order valence-corrected chi connectivity index (χ0v) is 14.2. The van der Waals surface area contributed by atoms with Crippen LogP contribution in [0.5, 0.6) is 17.2 Å². The maximum atomic E-state index is 10.4. The molecule has 1 unspecified atom stereocenters. The summed E-state index contributed by atoms with van der Waals surface area (Å²) in [6.07, 6.45) is -1.65. The molecule has 2 aromatic rings. The van der Waals surface area contributed by atoms with Crippen molar-refractivity contribution in [2.45, 2.75) is 38.7 Å². The first-order chi connectivity index (χ1) is 16.5. The summed E-state index contributed by atoms with van der Waals surface area (Å²) in [5, 5.41) is 10.4. The Kier molecular flexibility index (Phi) is 3.56. The van der Waals surface area contributed by atoms with E-state index in [1.165, 1.54) is 14.0 Å². The summed E-state index contributed by atoms with van der Waals surface area (Å²) in [5.41, 5.74) is 0.212. The van der Waals surface area contributed by atoms with Gasteiger partial charge in [0.25, 0.3) is 0 Å². The Morgan fingerprint density at radius 2 is 2.04 bits per heavy atom. The van der Waals surface area contributed by atoms with Gasteiger partial charge in [-0.3, -0.25) is 0 Å². The Morgan fingerprint density at radius 1 is 1.16 bits per heavy atom. The van der Waals surface area contributed by atoms with E-state index in [0.29, 0.717) is 0 Å². The van der Waals surface area contributed by atoms with Crippen LogP contribution in [0, 0.1) is 6.92 Å². The Labute approximate surface area is 165 Å². The average molecular weight is 356 g/mol. The smallest absolute Gasteiger partial charge is 0.160 e. The van der Waals surface area contributed by atoms with Gasteiger partial charge in [-0.05, 0) is 61.5 Å². The van der Waals surface area contributed by atoms with Crippen molar-refractivity contribution in [3.05, 3.63) is 53.4 Å². The molecule has 1 atom stereocenters. The summed E-state index contributed by atoms with van der Waals surface area (Å²) < 4.78 is 101. The second kappa shape index (κ2) is 9.94. The van der Waals surface area contributed by atoms with E-state index in [2.05, 4.69) is 0 Å². The highest BCUT2D eigenvalue weighted by Crippen LogP contribution is 2.28. The fourth-order valence-electron chi connectivity index (χ4n) is 2.10. The molecule has 1 N–H and O–H groups in total. The van der Waals surface area contributed by atoms with Crippen molar-refractivity contribution in [1.29, 1.82) is 0 Å². The molecule has 0 aliphatic carbocycles. The van der Waals surface area contributed by atoms with Crippen LogP contribution >= 0.6 is 0 Å². The number of aliphatic hydroxyl groups is 1. The van der Waals surface area contributed by atoms with E-state index in [9.17, 15) is 5.11 Å². The van der Waals surface area contributed by atoms with Crippen molar-refractivity contribution >= 4 is 0 Å². The summed E-state index contributed by atoms with van der Waals surface area (Å²) >= 11 is 0. The molecule has 0 bridgehead atoms. The molecule has 25 heavy (non-hydrogen) atoms. The van der Waals surface area contributed by atoms with Gasteiger partial charge in [0, 0.05) is 0 Å². The highest BCUT2D eigenvalue weighted by molar-refractivity contribution is 5.42. The maximum absolute atomic E-state index is 10.4. The molecular formula is C21H28O4. The van der Waals surface area contributed by atoms with Gasteiger partial charge in [0.05, 0.1) is 35.3 Å². The zero-order valence-electron chi connectivity index (χ0n) is 25.2. The summed E-state index contributed by atoms with van der Waals surface area (Å²) in [4.78, 5) is 0. The molecule has 0 aliphatic heterocycles. The number of benzene rings is 2. The van der Waals surface area contributed by atoms with Crippen LogP contribution in [0.1, 0.15) is 45.5 Å². The van der Waals surface area contributed by atoms with Gasteiger partial charge in [-0.1, -0.05) is 24.5 Å². The Balaban J connectivity index is 2.09. The first-order valence-electron chi connectivity index (χ1n) is 13.3. The monoisotopic (exact) mass is 355 g/mol. The van der Waals surface area contributed by atoms with E-state index in [1.807, 2.05) is 0 Å². The van der Waals surface area contributed by atoms with Crippen molar-refractivity contribution in [1.82, 2.24) is 0 Å². The van der Waals surface area contributed by atoms with Gasteiger partial charge in [0.15, 0.2) is 11.5 Å². The first-order valence-corrected chi connectivity index (χ1v) is 7.80. The van der Waals surface area contributed by atoms with Crippen LogP contribution in [0.2, 0.25) is 0 Å². The van der Waals surface area contributed by atoms with E-state index < -0.39 is 43.6 Å². The maximum Gasteiger partial charge on any atom is 0.160 e. The van der Waals surface area contributed by atoms with E-state index in [1.54, 1.807) is 0 Å². The molecule has 4 heteroatoms. The minimum absolute atomic E-state index is 0.0662. The molecule has 0 saturated carbocycles. The van der Waals surface area contributed by atoms with Gasteiger partial charge in [0.1, 0.15) is 12.4 Å². The van der Waals surface area contributed by atoms with Crippen molar-refractivity contribution in [2.75, 3.05) is 20.8 Å². The highest BCUT2D eigenvalue weighted by Gasteiger charge is 2.07. The summed E-state index contributed by atoms with van der Waals surface area (Å²) in [6, 6.07) is -2.54. The fourth-order valence-corrected chi connectivity index (χ4v) is 2.10. The number of hydrogen-bond acceptors (Lipinski definition) is 4. The first kappa shape index (κ1) is 8.95. The van der Waals surface area contributed by atoms with E-state index >= 15 is 0 Å². The minimum Gasteiger partial charge on any atom is -0.493 e. The lowest BCUT2D eigenvalue weighted by Crippen LogP contribution is -2.17. The van der Waals surface area contributed by atoms with Crippen LogP contribution in [0.25, 0.3) is 0 Å². The number of unbranched alkanes of at least 4 members (excludes halogenated alkanes) is 1. The van der Waals surface area contributed by atoms with Crippen molar-refractivity contribution in [2.24, 2.45) is 0 Å². The number of methoxy groups -OCH3 is 2. The molecule has 2 rings (SSSR count). The molecule has 0 heterocycles. The van der Waals surface area contributed by atoms with Crippen LogP contribution in [0.15, 0.2) is 42.3 Å². The molecule has 4 nitrogen and oxygen atoms in total. The van der Waals surface area contributed by atoms with E-state index in [4.69, 9.17) is 29.3 Å². The van der Waals surface area contributed by atoms with Crippen LogP contribution in [-0.2, 0) is 6.42 Å². The normalized spacial score (nSPS) is 19.9. The minimum atomic E-state index is -2.89. The topological polar surface area (TPSA) is 47.9 Å². The molecule has 0 fully saturated rings. The van der Waals surface area contributed by atoms with Crippen LogP contribution in [0.4, 0.5) is 0 Å². The van der Waals surface area contributed by atoms with Gasteiger partial charge in [-0.25, -0.2) is 0 Å².